The Bertz CT molecular complexity index is 1870. The fourth-order valence-corrected chi connectivity index (χ4v) is 7.25. The monoisotopic (exact) mass is 731 g/mol. The maximum Gasteiger partial charge on any atom is 0.261 e. The van der Waals surface area contributed by atoms with E-state index in [0.717, 1.165) is 16.7 Å². The Labute approximate surface area is 305 Å². The molecule has 1 aliphatic rings. The largest absolute Gasteiger partial charge is 0.497 e. The predicted molar refractivity (Wildman–Crippen MR) is 195 cm³/mol. The second-order valence-electron chi connectivity index (χ2n) is 12.1. The Morgan fingerprint density at radius 2 is 1.44 bits per heavy atom. The molecule has 13 heteroatoms. The van der Waals surface area contributed by atoms with Gasteiger partial charge in [0.1, 0.15) is 17.5 Å². The molecule has 1 saturated heterocycles. The minimum atomic E-state index is -3.69. The Morgan fingerprint density at radius 1 is 0.788 bits per heavy atom. The summed E-state index contributed by atoms with van der Waals surface area (Å²) < 4.78 is 54.8. The molecule has 5 rings (SSSR count). The maximum absolute atomic E-state index is 14.1. The van der Waals surface area contributed by atoms with Crippen LogP contribution >= 0.6 is 0 Å². The van der Waals surface area contributed by atoms with Gasteiger partial charge in [0.25, 0.3) is 5.91 Å². The Balaban J connectivity index is 1.35. The standard InChI is InChI=1S/C39H45N3O9S/c1-47-32-12-9-31(10-13-32)27-42(38(43)28-51-33-14-16-34(17-15-33)52(45,46)41-21-23-50-24-22-41)35(25-29-7-5-4-6-8-29)39(44)40-20-19-30-11-18-36(48-2)37(26-30)49-3/h4-18,26,35H,19-25,27-28H2,1-3H3,(H,40,44)/t35-/m1/s1. The number of rotatable bonds is 17. The Hall–Kier alpha value is -5.11. The van der Waals surface area contributed by atoms with E-state index in [-0.39, 0.29) is 43.5 Å². The molecule has 0 aromatic heterocycles. The van der Waals surface area contributed by atoms with Gasteiger partial charge in [0.15, 0.2) is 18.1 Å². The lowest BCUT2D eigenvalue weighted by Crippen LogP contribution is -2.52. The van der Waals surface area contributed by atoms with Crippen LogP contribution in [-0.2, 0) is 43.7 Å². The molecule has 4 aromatic rings. The molecule has 0 spiro atoms. The van der Waals surface area contributed by atoms with Crippen LogP contribution < -0.4 is 24.3 Å². The molecule has 276 valence electrons. The first-order valence-electron chi connectivity index (χ1n) is 17.0. The van der Waals surface area contributed by atoms with Gasteiger partial charge in [0.05, 0.1) is 39.4 Å². The molecule has 1 aliphatic heterocycles. The predicted octanol–water partition coefficient (Wildman–Crippen LogP) is 4.11. The van der Waals surface area contributed by atoms with Crippen LogP contribution in [0.1, 0.15) is 16.7 Å². The van der Waals surface area contributed by atoms with Crippen molar-refractivity contribution < 1.29 is 41.7 Å². The summed E-state index contributed by atoms with van der Waals surface area (Å²) in [7, 11) is 1.04. The first-order valence-corrected chi connectivity index (χ1v) is 18.4. The number of morpholine rings is 1. The van der Waals surface area contributed by atoms with Crippen LogP contribution in [0.5, 0.6) is 23.0 Å². The van der Waals surface area contributed by atoms with E-state index < -0.39 is 22.0 Å². The number of amides is 2. The number of nitrogens with one attached hydrogen (secondary N) is 1. The van der Waals surface area contributed by atoms with E-state index in [1.807, 2.05) is 60.7 Å². The van der Waals surface area contributed by atoms with Crippen molar-refractivity contribution in [2.75, 3.05) is 60.8 Å². The van der Waals surface area contributed by atoms with Crippen LogP contribution in [0.3, 0.4) is 0 Å². The number of benzene rings is 4. The highest BCUT2D eigenvalue weighted by atomic mass is 32.2. The highest BCUT2D eigenvalue weighted by Crippen LogP contribution is 2.28. The molecule has 2 amide bonds. The normalized spacial score (nSPS) is 13.8. The van der Waals surface area contributed by atoms with Gasteiger partial charge in [-0.15, -0.1) is 0 Å². The quantitative estimate of drug-likeness (QED) is 0.170. The second-order valence-corrected chi connectivity index (χ2v) is 14.0. The third-order valence-corrected chi connectivity index (χ3v) is 10.7. The van der Waals surface area contributed by atoms with Crippen molar-refractivity contribution in [3.63, 3.8) is 0 Å². The molecule has 12 nitrogen and oxygen atoms in total. The lowest BCUT2D eigenvalue weighted by Gasteiger charge is -2.31. The molecular formula is C39H45N3O9S. The van der Waals surface area contributed by atoms with Gasteiger partial charge < -0.3 is 33.9 Å². The van der Waals surface area contributed by atoms with Gasteiger partial charge in [-0.3, -0.25) is 9.59 Å². The van der Waals surface area contributed by atoms with Crippen molar-refractivity contribution in [2.45, 2.75) is 30.3 Å². The number of hydrogen-bond acceptors (Lipinski definition) is 9. The van der Waals surface area contributed by atoms with Crippen LogP contribution in [-0.4, -0.2) is 96.3 Å². The zero-order chi connectivity index (χ0) is 36.9. The fraction of sp³-hybridized carbons (Fsp3) is 0.333. The molecular weight excluding hydrogens is 687 g/mol. The topological polar surface area (TPSA) is 133 Å². The molecule has 52 heavy (non-hydrogen) atoms. The van der Waals surface area contributed by atoms with E-state index in [2.05, 4.69) is 5.32 Å². The van der Waals surface area contributed by atoms with Crippen LogP contribution in [0.15, 0.2) is 102 Å². The molecule has 1 heterocycles. The van der Waals surface area contributed by atoms with Crippen molar-refractivity contribution in [3.05, 3.63) is 114 Å². The van der Waals surface area contributed by atoms with Gasteiger partial charge in [0, 0.05) is 32.6 Å². The molecule has 0 saturated carbocycles. The minimum Gasteiger partial charge on any atom is -0.497 e. The third-order valence-electron chi connectivity index (χ3n) is 8.74. The number of hydrogen-bond donors (Lipinski definition) is 1. The van der Waals surface area contributed by atoms with E-state index in [9.17, 15) is 18.0 Å². The van der Waals surface area contributed by atoms with Gasteiger partial charge in [0.2, 0.25) is 15.9 Å². The molecule has 0 unspecified atom stereocenters. The highest BCUT2D eigenvalue weighted by molar-refractivity contribution is 7.89. The van der Waals surface area contributed by atoms with Gasteiger partial charge in [-0.05, 0) is 71.6 Å². The smallest absolute Gasteiger partial charge is 0.261 e. The summed E-state index contributed by atoms with van der Waals surface area (Å²) in [6.45, 7) is 1.33. The number of nitrogens with zero attached hydrogens (tertiary/aromatic N) is 2. The van der Waals surface area contributed by atoms with Crippen molar-refractivity contribution in [3.8, 4) is 23.0 Å². The summed E-state index contributed by atoms with van der Waals surface area (Å²) in [6, 6.07) is 27.5. The van der Waals surface area contributed by atoms with Crippen molar-refractivity contribution in [1.29, 1.82) is 0 Å². The second kappa shape index (κ2) is 18.4. The zero-order valence-electron chi connectivity index (χ0n) is 29.7. The Morgan fingerprint density at radius 3 is 2.10 bits per heavy atom. The van der Waals surface area contributed by atoms with E-state index in [0.29, 0.717) is 49.2 Å². The average Bonchev–Trinajstić information content (AvgIpc) is 3.19. The fourth-order valence-electron chi connectivity index (χ4n) is 5.84. The number of ether oxygens (including phenoxy) is 5. The summed E-state index contributed by atoms with van der Waals surface area (Å²) in [5.74, 6) is 1.45. The van der Waals surface area contributed by atoms with Gasteiger partial charge >= 0.3 is 0 Å². The summed E-state index contributed by atoms with van der Waals surface area (Å²) in [6.07, 6.45) is 0.788. The Kier molecular flexibility index (Phi) is 13.5. The van der Waals surface area contributed by atoms with Crippen molar-refractivity contribution in [1.82, 2.24) is 14.5 Å². The summed E-state index contributed by atoms with van der Waals surface area (Å²) in [5, 5.41) is 3.04. The summed E-state index contributed by atoms with van der Waals surface area (Å²) in [5.41, 5.74) is 2.62. The zero-order valence-corrected chi connectivity index (χ0v) is 30.5. The summed E-state index contributed by atoms with van der Waals surface area (Å²) >= 11 is 0. The lowest BCUT2D eigenvalue weighted by molar-refractivity contribution is -0.142. The lowest BCUT2D eigenvalue weighted by atomic mass is 10.0. The minimum absolute atomic E-state index is 0.127. The van der Waals surface area contributed by atoms with Gasteiger partial charge in [-0.1, -0.05) is 48.5 Å². The molecule has 1 fully saturated rings. The molecule has 0 radical (unpaired) electrons. The number of carbonyl (C=O) groups is 2. The molecule has 1 atom stereocenters. The molecule has 4 aromatic carbocycles. The van der Waals surface area contributed by atoms with Gasteiger partial charge in [-0.25, -0.2) is 8.42 Å². The average molecular weight is 732 g/mol. The van der Waals surface area contributed by atoms with E-state index in [4.69, 9.17) is 23.7 Å². The van der Waals surface area contributed by atoms with Gasteiger partial charge in [-0.2, -0.15) is 4.31 Å². The van der Waals surface area contributed by atoms with Crippen molar-refractivity contribution in [2.24, 2.45) is 0 Å². The molecule has 1 N–H and O–H groups in total. The molecule has 0 aliphatic carbocycles. The third kappa shape index (κ3) is 10.0. The first kappa shape index (κ1) is 38.1. The van der Waals surface area contributed by atoms with Crippen molar-refractivity contribution >= 4 is 21.8 Å². The van der Waals surface area contributed by atoms with E-state index in [1.165, 1.54) is 33.5 Å². The van der Waals surface area contributed by atoms with Crippen LogP contribution in [0.25, 0.3) is 0 Å². The highest BCUT2D eigenvalue weighted by Gasteiger charge is 2.31. The SMILES string of the molecule is COc1ccc(CN(C(=O)COc2ccc(S(=O)(=O)N3CCOCC3)cc2)[C@H](Cc2ccccc2)C(=O)NCCc2ccc(OC)c(OC)c2)cc1. The number of sulfonamides is 1. The van der Waals surface area contributed by atoms with Crippen LogP contribution in [0.4, 0.5) is 0 Å². The van der Waals surface area contributed by atoms with E-state index >= 15 is 0 Å². The first-order chi connectivity index (χ1) is 25.2. The van der Waals surface area contributed by atoms with E-state index in [1.54, 1.807) is 33.5 Å². The maximum atomic E-state index is 14.1. The van der Waals surface area contributed by atoms with Crippen LogP contribution in [0, 0.1) is 0 Å². The van der Waals surface area contributed by atoms with Crippen LogP contribution in [0.2, 0.25) is 0 Å². The number of carbonyl (C=O) groups excluding carboxylic acids is 2. The molecule has 0 bridgehead atoms. The number of methoxy groups -OCH3 is 3. The summed E-state index contributed by atoms with van der Waals surface area (Å²) in [4.78, 5) is 29.8.